The van der Waals surface area contributed by atoms with Gasteiger partial charge in [0.2, 0.25) is 11.8 Å². The average molecular weight is 430 g/mol. The Kier molecular flexibility index (Phi) is 4.62. The maximum atomic E-state index is 13.6. The summed E-state index contributed by atoms with van der Waals surface area (Å²) in [6, 6.07) is 16.7. The Morgan fingerprint density at radius 3 is 2.59 bits per heavy atom. The highest BCUT2D eigenvalue weighted by Crippen LogP contribution is 2.55. The Labute approximate surface area is 184 Å². The number of hydrogen-bond donors (Lipinski definition) is 2. The molecule has 3 N–H and O–H groups in total. The van der Waals surface area contributed by atoms with Crippen molar-refractivity contribution < 1.29 is 23.9 Å². The fourth-order valence-electron chi connectivity index (χ4n) is 5.06. The van der Waals surface area contributed by atoms with Crippen LogP contribution in [0, 0.1) is 0 Å². The zero-order chi connectivity index (χ0) is 22.5. The number of fused-ring (bicyclic) bond motifs is 3. The van der Waals surface area contributed by atoms with E-state index in [2.05, 4.69) is 5.32 Å². The third-order valence-electron chi connectivity index (χ3n) is 6.32. The molecule has 0 bridgehead atoms. The quantitative estimate of drug-likeness (QED) is 0.725. The van der Waals surface area contributed by atoms with E-state index in [1.165, 1.54) is 0 Å². The summed E-state index contributed by atoms with van der Waals surface area (Å²) in [4.78, 5) is 40.2. The van der Waals surface area contributed by atoms with Crippen LogP contribution in [0.4, 0.5) is 5.69 Å². The normalized spacial score (nSPS) is 24.1. The standard InChI is InChI=1S/C25H22N2O5/c1-2-31-23(29)21-22(26)32-19-13-15(14-8-4-3-5-9-14)12-18(28)20(19)25(21)16-10-6-7-11-17(16)27-24(25)30/h3-11,15H,2,12-13,26H2,1H3,(H,27,30)/t15-,25+/m0/s1. The summed E-state index contributed by atoms with van der Waals surface area (Å²) in [7, 11) is 0. The summed E-state index contributed by atoms with van der Waals surface area (Å²) in [6.07, 6.45) is 0.582. The van der Waals surface area contributed by atoms with Crippen molar-refractivity contribution in [1.82, 2.24) is 0 Å². The maximum absolute atomic E-state index is 13.6. The zero-order valence-electron chi connectivity index (χ0n) is 17.5. The van der Waals surface area contributed by atoms with Gasteiger partial charge in [0.15, 0.2) is 5.78 Å². The fraction of sp³-hybridized carbons (Fsp3) is 0.240. The molecule has 7 nitrogen and oxygen atoms in total. The minimum Gasteiger partial charge on any atom is -0.462 e. The third-order valence-corrected chi connectivity index (χ3v) is 6.32. The van der Waals surface area contributed by atoms with Crippen molar-refractivity contribution in [3.63, 3.8) is 0 Å². The Hall–Kier alpha value is -3.87. The molecule has 2 heterocycles. The first kappa shape index (κ1) is 20.1. The number of Topliss-reactive ketones (excluding diaryl/α,β-unsaturated/α-hetero) is 1. The number of carbonyl (C=O) groups is 3. The number of ketones is 1. The number of hydrogen-bond acceptors (Lipinski definition) is 6. The predicted octanol–water partition coefficient (Wildman–Crippen LogP) is 3.04. The Balaban J connectivity index is 1.73. The molecular weight excluding hydrogens is 408 g/mol. The number of benzene rings is 2. The number of carbonyl (C=O) groups excluding carboxylic acids is 3. The molecule has 0 radical (unpaired) electrons. The molecule has 32 heavy (non-hydrogen) atoms. The Morgan fingerprint density at radius 2 is 1.84 bits per heavy atom. The fourth-order valence-corrected chi connectivity index (χ4v) is 5.06. The molecule has 2 aromatic rings. The van der Waals surface area contributed by atoms with Crippen LogP contribution in [-0.4, -0.2) is 24.3 Å². The van der Waals surface area contributed by atoms with Gasteiger partial charge < -0.3 is 20.5 Å². The monoisotopic (exact) mass is 430 g/mol. The minimum atomic E-state index is -1.70. The van der Waals surface area contributed by atoms with E-state index in [1.807, 2.05) is 30.3 Å². The number of ether oxygens (including phenoxy) is 2. The molecule has 0 aromatic heterocycles. The van der Waals surface area contributed by atoms with Crippen LogP contribution in [0.15, 0.2) is 77.4 Å². The van der Waals surface area contributed by atoms with E-state index in [0.29, 0.717) is 23.4 Å². The summed E-state index contributed by atoms with van der Waals surface area (Å²) in [5.74, 6) is -1.53. The zero-order valence-corrected chi connectivity index (χ0v) is 17.5. The molecule has 0 unspecified atom stereocenters. The topological polar surface area (TPSA) is 108 Å². The summed E-state index contributed by atoms with van der Waals surface area (Å²) in [5.41, 5.74) is 6.61. The van der Waals surface area contributed by atoms with Crippen LogP contribution in [0.1, 0.15) is 36.8 Å². The van der Waals surface area contributed by atoms with E-state index >= 15 is 0 Å². The van der Waals surface area contributed by atoms with Gasteiger partial charge in [-0.25, -0.2) is 4.79 Å². The lowest BCUT2D eigenvalue weighted by Gasteiger charge is -2.40. The SMILES string of the molecule is CCOC(=O)C1=C(N)OC2=C(C(=O)C[C@H](c3ccccc3)C2)[C@@]12C(=O)Nc1ccccc12. The first-order chi connectivity index (χ1) is 15.5. The van der Waals surface area contributed by atoms with Crippen LogP contribution in [-0.2, 0) is 29.3 Å². The first-order valence-corrected chi connectivity index (χ1v) is 10.6. The lowest BCUT2D eigenvalue weighted by molar-refractivity contribution is -0.141. The molecule has 3 aliphatic rings. The molecular formula is C25H22N2O5. The second-order valence-electron chi connectivity index (χ2n) is 8.05. The van der Waals surface area contributed by atoms with Gasteiger partial charge in [-0.05, 0) is 24.5 Å². The highest BCUT2D eigenvalue weighted by atomic mass is 16.5. The summed E-state index contributed by atoms with van der Waals surface area (Å²) >= 11 is 0. The van der Waals surface area contributed by atoms with E-state index in [1.54, 1.807) is 31.2 Å². The highest BCUT2D eigenvalue weighted by molar-refractivity contribution is 6.22. The van der Waals surface area contributed by atoms with Gasteiger partial charge in [0, 0.05) is 24.1 Å². The molecule has 162 valence electrons. The molecule has 0 saturated heterocycles. The van der Waals surface area contributed by atoms with E-state index < -0.39 is 17.3 Å². The first-order valence-electron chi connectivity index (χ1n) is 10.6. The van der Waals surface area contributed by atoms with Crippen LogP contribution in [0.3, 0.4) is 0 Å². The Morgan fingerprint density at radius 1 is 1.12 bits per heavy atom. The predicted molar refractivity (Wildman–Crippen MR) is 116 cm³/mol. The van der Waals surface area contributed by atoms with Crippen LogP contribution < -0.4 is 11.1 Å². The van der Waals surface area contributed by atoms with Crippen molar-refractivity contribution >= 4 is 23.3 Å². The summed E-state index contributed by atoms with van der Waals surface area (Å²) in [5, 5.41) is 2.82. The van der Waals surface area contributed by atoms with Crippen LogP contribution in [0.2, 0.25) is 0 Å². The number of para-hydroxylation sites is 1. The molecule has 1 spiro atoms. The second-order valence-corrected chi connectivity index (χ2v) is 8.05. The molecule has 5 rings (SSSR count). The highest BCUT2D eigenvalue weighted by Gasteiger charge is 2.62. The number of rotatable bonds is 3. The molecule has 2 aliphatic heterocycles. The van der Waals surface area contributed by atoms with Crippen molar-refractivity contribution in [2.75, 3.05) is 11.9 Å². The lowest BCUT2D eigenvalue weighted by atomic mass is 9.63. The van der Waals surface area contributed by atoms with Gasteiger partial charge >= 0.3 is 5.97 Å². The van der Waals surface area contributed by atoms with Gasteiger partial charge in [-0.3, -0.25) is 9.59 Å². The van der Waals surface area contributed by atoms with Crippen molar-refractivity contribution in [2.45, 2.75) is 31.1 Å². The van der Waals surface area contributed by atoms with Crippen molar-refractivity contribution in [2.24, 2.45) is 5.73 Å². The largest absolute Gasteiger partial charge is 0.462 e. The van der Waals surface area contributed by atoms with Crippen LogP contribution in [0.5, 0.6) is 0 Å². The molecule has 7 heteroatoms. The van der Waals surface area contributed by atoms with E-state index in [9.17, 15) is 14.4 Å². The average Bonchev–Trinajstić information content (AvgIpc) is 3.06. The number of nitrogens with two attached hydrogens (primary N) is 1. The van der Waals surface area contributed by atoms with E-state index in [0.717, 1.165) is 5.56 Å². The van der Waals surface area contributed by atoms with E-state index in [-0.39, 0.29) is 41.8 Å². The molecule has 1 amide bonds. The third kappa shape index (κ3) is 2.70. The second kappa shape index (κ2) is 7.37. The number of amides is 1. The van der Waals surface area contributed by atoms with Gasteiger partial charge in [0.05, 0.1) is 12.2 Å². The van der Waals surface area contributed by atoms with Gasteiger partial charge in [-0.2, -0.15) is 0 Å². The number of allylic oxidation sites excluding steroid dienone is 1. The lowest BCUT2D eigenvalue weighted by Crippen LogP contribution is -2.49. The van der Waals surface area contributed by atoms with Gasteiger partial charge in [-0.1, -0.05) is 48.5 Å². The minimum absolute atomic E-state index is 0.0882. The van der Waals surface area contributed by atoms with E-state index in [4.69, 9.17) is 15.2 Å². The van der Waals surface area contributed by atoms with Crippen molar-refractivity contribution in [3.8, 4) is 0 Å². The number of anilines is 1. The molecule has 0 fully saturated rings. The van der Waals surface area contributed by atoms with Crippen LogP contribution in [0.25, 0.3) is 0 Å². The van der Waals surface area contributed by atoms with Gasteiger partial charge in [-0.15, -0.1) is 0 Å². The Bertz CT molecular complexity index is 1210. The molecule has 0 saturated carbocycles. The van der Waals surface area contributed by atoms with Gasteiger partial charge in [0.1, 0.15) is 16.7 Å². The molecule has 2 atom stereocenters. The van der Waals surface area contributed by atoms with Crippen molar-refractivity contribution in [3.05, 3.63) is 88.5 Å². The smallest absolute Gasteiger partial charge is 0.341 e. The molecule has 2 aromatic carbocycles. The summed E-state index contributed by atoms with van der Waals surface area (Å²) < 4.78 is 11.1. The molecule has 1 aliphatic carbocycles. The van der Waals surface area contributed by atoms with Gasteiger partial charge in [0.25, 0.3) is 0 Å². The summed E-state index contributed by atoms with van der Waals surface area (Å²) in [6.45, 7) is 1.75. The number of esters is 1. The maximum Gasteiger partial charge on any atom is 0.341 e. The van der Waals surface area contributed by atoms with Crippen LogP contribution >= 0.6 is 0 Å². The number of nitrogens with one attached hydrogen (secondary N) is 1. The van der Waals surface area contributed by atoms with Crippen molar-refractivity contribution in [1.29, 1.82) is 0 Å².